The normalized spacial score (nSPS) is 20.7. The van der Waals surface area contributed by atoms with Gasteiger partial charge in [-0.25, -0.2) is 14.6 Å². The second kappa shape index (κ2) is 6.45. The van der Waals surface area contributed by atoms with E-state index < -0.39 is 11.6 Å². The van der Waals surface area contributed by atoms with Gasteiger partial charge in [0.1, 0.15) is 5.60 Å². The molecule has 1 saturated heterocycles. The SMILES string of the molecule is CC1(C)Cc2c(sc3nc(C(=O)O)c(C4CN(C(=O)OC(C)(C)C)C4)n23)C(C)(C)C1. The summed E-state index contributed by atoms with van der Waals surface area (Å²) in [4.78, 5) is 32.5. The first-order valence-corrected chi connectivity index (χ1v) is 11.3. The maximum absolute atomic E-state index is 12.4. The Labute approximate surface area is 181 Å². The van der Waals surface area contributed by atoms with E-state index in [4.69, 9.17) is 4.74 Å². The fourth-order valence-corrected chi connectivity index (χ4v) is 6.38. The molecule has 0 unspecified atom stereocenters. The molecule has 0 spiro atoms. The summed E-state index contributed by atoms with van der Waals surface area (Å²) in [7, 11) is 0. The van der Waals surface area contributed by atoms with Crippen LogP contribution in [0.4, 0.5) is 4.79 Å². The highest BCUT2D eigenvalue weighted by atomic mass is 32.1. The Morgan fingerprint density at radius 2 is 1.83 bits per heavy atom. The molecule has 0 atom stereocenters. The molecule has 3 heterocycles. The van der Waals surface area contributed by atoms with Crippen molar-refractivity contribution < 1.29 is 19.4 Å². The van der Waals surface area contributed by atoms with Crippen LogP contribution in [-0.4, -0.2) is 50.1 Å². The van der Waals surface area contributed by atoms with Crippen molar-refractivity contribution in [2.75, 3.05) is 13.1 Å². The highest BCUT2D eigenvalue weighted by molar-refractivity contribution is 7.17. The van der Waals surface area contributed by atoms with Gasteiger partial charge in [-0.05, 0) is 39.0 Å². The molecule has 8 heteroatoms. The Bertz CT molecular complexity index is 1040. The molecular formula is C22H31N3O4S. The van der Waals surface area contributed by atoms with Crippen molar-refractivity contribution in [3.8, 4) is 0 Å². The number of imidazole rings is 1. The Hall–Kier alpha value is -2.09. The van der Waals surface area contributed by atoms with E-state index in [0.717, 1.165) is 23.5 Å². The van der Waals surface area contributed by atoms with Crippen LogP contribution in [-0.2, 0) is 16.6 Å². The van der Waals surface area contributed by atoms with Gasteiger partial charge in [-0.15, -0.1) is 11.3 Å². The average Bonchev–Trinajstić information content (AvgIpc) is 3.00. The number of carbonyl (C=O) groups excluding carboxylic acids is 1. The van der Waals surface area contributed by atoms with E-state index in [1.54, 1.807) is 16.2 Å². The molecule has 7 nitrogen and oxygen atoms in total. The molecule has 1 N–H and O–H groups in total. The molecule has 0 radical (unpaired) electrons. The van der Waals surface area contributed by atoms with Crippen molar-refractivity contribution in [1.82, 2.24) is 14.3 Å². The molecule has 0 aromatic carbocycles. The predicted octanol–water partition coefficient (Wildman–Crippen LogP) is 4.68. The minimum atomic E-state index is -1.01. The molecule has 0 saturated carbocycles. The lowest BCUT2D eigenvalue weighted by molar-refractivity contribution is 0.00773. The average molecular weight is 434 g/mol. The Balaban J connectivity index is 1.74. The molecule has 164 valence electrons. The molecule has 2 aromatic heterocycles. The molecular weight excluding hydrogens is 402 g/mol. The van der Waals surface area contributed by atoms with E-state index in [9.17, 15) is 14.7 Å². The number of fused-ring (bicyclic) bond motifs is 3. The number of nitrogens with zero attached hydrogens (tertiary/aromatic N) is 3. The van der Waals surface area contributed by atoms with Crippen molar-refractivity contribution in [2.24, 2.45) is 5.41 Å². The number of carbonyl (C=O) groups is 2. The van der Waals surface area contributed by atoms with E-state index in [2.05, 4.69) is 37.1 Å². The number of hydrogen-bond acceptors (Lipinski definition) is 5. The number of aromatic carboxylic acids is 1. The van der Waals surface area contributed by atoms with E-state index in [1.165, 1.54) is 10.6 Å². The van der Waals surface area contributed by atoms with Gasteiger partial charge in [0.25, 0.3) is 0 Å². The van der Waals surface area contributed by atoms with Crippen molar-refractivity contribution >= 4 is 28.4 Å². The highest BCUT2D eigenvalue weighted by Gasteiger charge is 2.44. The van der Waals surface area contributed by atoms with Crippen LogP contribution in [0, 0.1) is 5.41 Å². The quantitative estimate of drug-likeness (QED) is 0.743. The zero-order chi connectivity index (χ0) is 22.2. The largest absolute Gasteiger partial charge is 0.476 e. The molecule has 1 aliphatic carbocycles. The number of hydrogen-bond donors (Lipinski definition) is 1. The standard InChI is InChI=1S/C22H31N3O4S/c1-20(2,3)29-19(28)24-9-12(10-24)15-14(17(26)27)23-18-25(15)13-8-21(4,5)11-22(6,7)16(13)30-18/h12H,8-11H2,1-7H3,(H,26,27). The van der Waals surface area contributed by atoms with Crippen LogP contribution in [0.2, 0.25) is 0 Å². The first kappa shape index (κ1) is 21.2. The summed E-state index contributed by atoms with van der Waals surface area (Å²) in [6.07, 6.45) is 1.61. The van der Waals surface area contributed by atoms with Gasteiger partial charge in [0.15, 0.2) is 10.7 Å². The van der Waals surface area contributed by atoms with Crippen LogP contribution in [0.15, 0.2) is 0 Å². The lowest BCUT2D eigenvalue weighted by atomic mass is 9.67. The second-order valence-corrected chi connectivity index (χ2v) is 12.1. The van der Waals surface area contributed by atoms with E-state index in [-0.39, 0.29) is 28.5 Å². The van der Waals surface area contributed by atoms with Crippen LogP contribution in [0.1, 0.15) is 87.6 Å². The molecule has 1 aliphatic heterocycles. The third-order valence-electron chi connectivity index (χ3n) is 5.91. The number of amides is 1. The minimum Gasteiger partial charge on any atom is -0.476 e. The maximum Gasteiger partial charge on any atom is 0.410 e. The van der Waals surface area contributed by atoms with Crippen LogP contribution >= 0.6 is 11.3 Å². The third-order valence-corrected chi connectivity index (χ3v) is 7.36. The van der Waals surface area contributed by atoms with Gasteiger partial charge < -0.3 is 14.7 Å². The molecule has 0 bridgehead atoms. The van der Waals surface area contributed by atoms with Gasteiger partial charge in [-0.3, -0.25) is 4.40 Å². The van der Waals surface area contributed by atoms with Crippen molar-refractivity contribution in [3.63, 3.8) is 0 Å². The minimum absolute atomic E-state index is 0.0191. The smallest absolute Gasteiger partial charge is 0.410 e. The molecule has 2 aliphatic rings. The molecule has 1 amide bonds. The van der Waals surface area contributed by atoms with Crippen molar-refractivity contribution in [2.45, 2.75) is 78.2 Å². The van der Waals surface area contributed by atoms with Crippen LogP contribution < -0.4 is 0 Å². The van der Waals surface area contributed by atoms with E-state index >= 15 is 0 Å². The summed E-state index contributed by atoms with van der Waals surface area (Å²) in [5, 5.41) is 9.81. The zero-order valence-corrected chi connectivity index (χ0v) is 19.6. The monoisotopic (exact) mass is 433 g/mol. The number of carboxylic acids is 1. The third kappa shape index (κ3) is 3.49. The molecule has 2 aromatic rings. The predicted molar refractivity (Wildman–Crippen MR) is 116 cm³/mol. The van der Waals surface area contributed by atoms with Gasteiger partial charge in [-0.1, -0.05) is 27.7 Å². The number of ether oxygens (including phenoxy) is 1. The molecule has 30 heavy (non-hydrogen) atoms. The summed E-state index contributed by atoms with van der Waals surface area (Å²) in [5.74, 6) is -1.08. The zero-order valence-electron chi connectivity index (χ0n) is 18.8. The number of likely N-dealkylation sites (tertiary alicyclic amines) is 1. The summed E-state index contributed by atoms with van der Waals surface area (Å²) < 4.78 is 7.54. The summed E-state index contributed by atoms with van der Waals surface area (Å²) in [6, 6.07) is 0. The number of rotatable bonds is 2. The van der Waals surface area contributed by atoms with Crippen LogP contribution in [0.3, 0.4) is 0 Å². The Morgan fingerprint density at radius 3 is 2.40 bits per heavy atom. The van der Waals surface area contributed by atoms with Gasteiger partial charge in [0.2, 0.25) is 0 Å². The fourth-order valence-electron chi connectivity index (χ4n) is 5.13. The lowest BCUT2D eigenvalue weighted by Crippen LogP contribution is -2.51. The van der Waals surface area contributed by atoms with Crippen molar-refractivity contribution in [3.05, 3.63) is 22.0 Å². The Morgan fingerprint density at radius 1 is 1.20 bits per heavy atom. The number of thiazole rings is 1. The first-order valence-electron chi connectivity index (χ1n) is 10.4. The van der Waals surface area contributed by atoms with Gasteiger partial charge in [0.05, 0.1) is 5.69 Å². The maximum atomic E-state index is 12.4. The van der Waals surface area contributed by atoms with Gasteiger partial charge in [-0.2, -0.15) is 0 Å². The highest BCUT2D eigenvalue weighted by Crippen LogP contribution is 2.50. The topological polar surface area (TPSA) is 84.1 Å². The van der Waals surface area contributed by atoms with Crippen LogP contribution in [0.25, 0.3) is 4.96 Å². The Kier molecular flexibility index (Phi) is 4.55. The lowest BCUT2D eigenvalue weighted by Gasteiger charge is -2.41. The number of carboxylic acid groups (broad SMARTS) is 1. The van der Waals surface area contributed by atoms with Gasteiger partial charge >= 0.3 is 12.1 Å². The van der Waals surface area contributed by atoms with Gasteiger partial charge in [0, 0.05) is 35.0 Å². The number of aromatic nitrogens is 2. The first-order chi connectivity index (χ1) is 13.7. The summed E-state index contributed by atoms with van der Waals surface area (Å²) >= 11 is 1.61. The van der Waals surface area contributed by atoms with E-state index in [1.807, 2.05) is 20.8 Å². The molecule has 1 fully saturated rings. The summed E-state index contributed by atoms with van der Waals surface area (Å²) in [5.41, 5.74) is 1.61. The van der Waals surface area contributed by atoms with Crippen LogP contribution in [0.5, 0.6) is 0 Å². The second-order valence-electron chi connectivity index (χ2n) is 11.1. The van der Waals surface area contributed by atoms with Crippen molar-refractivity contribution in [1.29, 1.82) is 0 Å². The molecule has 4 rings (SSSR count). The fraction of sp³-hybridized carbons (Fsp3) is 0.682. The van der Waals surface area contributed by atoms with E-state index in [0.29, 0.717) is 13.1 Å². The summed E-state index contributed by atoms with van der Waals surface area (Å²) in [6.45, 7) is 15.5.